The Morgan fingerprint density at radius 1 is 1.39 bits per heavy atom. The van der Waals surface area contributed by atoms with Crippen molar-refractivity contribution in [1.82, 2.24) is 5.32 Å². The molecule has 0 bridgehead atoms. The van der Waals surface area contributed by atoms with E-state index in [0.29, 0.717) is 19.1 Å². The normalized spacial score (nSPS) is 31.2. The standard InChI is InChI=1S/C14H26N2O2/c1-10-7-12(9-18-10)14(17)16-13(8-15)11-5-3-2-4-6-11/h10-13H,2-9,15H2,1H3,(H,16,17). The number of hydrogen-bond donors (Lipinski definition) is 2. The number of carbonyl (C=O) groups excluding carboxylic acids is 1. The largest absolute Gasteiger partial charge is 0.378 e. The first-order valence-corrected chi connectivity index (χ1v) is 7.32. The predicted molar refractivity (Wildman–Crippen MR) is 71.1 cm³/mol. The van der Waals surface area contributed by atoms with Gasteiger partial charge in [0.05, 0.1) is 18.6 Å². The van der Waals surface area contributed by atoms with E-state index in [1.54, 1.807) is 0 Å². The lowest BCUT2D eigenvalue weighted by Crippen LogP contribution is -2.48. The van der Waals surface area contributed by atoms with E-state index in [1.807, 2.05) is 6.92 Å². The van der Waals surface area contributed by atoms with Gasteiger partial charge in [0.15, 0.2) is 0 Å². The fraction of sp³-hybridized carbons (Fsp3) is 0.929. The summed E-state index contributed by atoms with van der Waals surface area (Å²) in [5.74, 6) is 0.741. The molecular weight excluding hydrogens is 228 g/mol. The molecular formula is C14H26N2O2. The second kappa shape index (κ2) is 6.53. The first-order valence-electron chi connectivity index (χ1n) is 7.32. The van der Waals surface area contributed by atoms with Gasteiger partial charge in [-0.15, -0.1) is 0 Å². The minimum absolute atomic E-state index is 0.0256. The molecule has 104 valence electrons. The molecule has 0 aromatic rings. The molecule has 4 nitrogen and oxygen atoms in total. The van der Waals surface area contributed by atoms with Gasteiger partial charge < -0.3 is 15.8 Å². The van der Waals surface area contributed by atoms with Crippen molar-refractivity contribution in [1.29, 1.82) is 0 Å². The molecule has 2 fully saturated rings. The van der Waals surface area contributed by atoms with E-state index in [9.17, 15) is 4.79 Å². The third-order valence-corrected chi connectivity index (χ3v) is 4.37. The van der Waals surface area contributed by atoms with E-state index in [1.165, 1.54) is 32.1 Å². The minimum atomic E-state index is 0.0256. The Balaban J connectivity index is 1.83. The molecule has 2 aliphatic rings. The topological polar surface area (TPSA) is 64.4 Å². The van der Waals surface area contributed by atoms with E-state index in [-0.39, 0.29) is 24.0 Å². The van der Waals surface area contributed by atoms with E-state index in [0.717, 1.165) is 6.42 Å². The number of rotatable bonds is 4. The van der Waals surface area contributed by atoms with E-state index < -0.39 is 0 Å². The number of ether oxygens (including phenoxy) is 1. The highest BCUT2D eigenvalue weighted by Crippen LogP contribution is 2.27. The van der Waals surface area contributed by atoms with E-state index in [4.69, 9.17) is 10.5 Å². The molecule has 0 aromatic carbocycles. The average Bonchev–Trinajstić information content (AvgIpc) is 2.83. The lowest BCUT2D eigenvalue weighted by molar-refractivity contribution is -0.126. The lowest BCUT2D eigenvalue weighted by Gasteiger charge is -2.30. The molecule has 1 heterocycles. The zero-order valence-electron chi connectivity index (χ0n) is 11.4. The van der Waals surface area contributed by atoms with Crippen LogP contribution >= 0.6 is 0 Å². The Morgan fingerprint density at radius 2 is 2.11 bits per heavy atom. The van der Waals surface area contributed by atoms with Gasteiger partial charge in [0.25, 0.3) is 0 Å². The second-order valence-electron chi connectivity index (χ2n) is 5.83. The summed E-state index contributed by atoms with van der Waals surface area (Å²) < 4.78 is 5.46. The van der Waals surface area contributed by atoms with Gasteiger partial charge in [-0.25, -0.2) is 0 Å². The highest BCUT2D eigenvalue weighted by Gasteiger charge is 2.31. The van der Waals surface area contributed by atoms with Gasteiger partial charge in [0.2, 0.25) is 5.91 Å². The molecule has 0 spiro atoms. The summed E-state index contributed by atoms with van der Waals surface area (Å²) in [4.78, 5) is 12.2. The van der Waals surface area contributed by atoms with Crippen molar-refractivity contribution in [3.8, 4) is 0 Å². The zero-order chi connectivity index (χ0) is 13.0. The number of nitrogens with one attached hydrogen (secondary N) is 1. The van der Waals surface area contributed by atoms with Crippen LogP contribution in [0.2, 0.25) is 0 Å². The highest BCUT2D eigenvalue weighted by atomic mass is 16.5. The van der Waals surface area contributed by atoms with Crippen LogP contribution in [0.1, 0.15) is 45.4 Å². The molecule has 0 aromatic heterocycles. The van der Waals surface area contributed by atoms with Gasteiger partial charge >= 0.3 is 0 Å². The fourth-order valence-electron chi connectivity index (χ4n) is 3.21. The van der Waals surface area contributed by atoms with Crippen LogP contribution in [-0.4, -0.2) is 31.2 Å². The van der Waals surface area contributed by atoms with Gasteiger partial charge in [0, 0.05) is 12.6 Å². The van der Waals surface area contributed by atoms with Crippen LogP contribution in [0, 0.1) is 11.8 Å². The van der Waals surface area contributed by atoms with Crippen molar-refractivity contribution in [2.24, 2.45) is 17.6 Å². The van der Waals surface area contributed by atoms with Gasteiger partial charge in [-0.2, -0.15) is 0 Å². The van der Waals surface area contributed by atoms with Crippen LogP contribution in [0.3, 0.4) is 0 Å². The summed E-state index contributed by atoms with van der Waals surface area (Å²) in [5, 5.41) is 3.15. The molecule has 1 saturated carbocycles. The first kappa shape index (κ1) is 13.8. The Kier molecular flexibility index (Phi) is 5.01. The third-order valence-electron chi connectivity index (χ3n) is 4.37. The molecule has 1 amide bonds. The summed E-state index contributed by atoms with van der Waals surface area (Å²) in [7, 11) is 0. The molecule has 3 unspecified atom stereocenters. The van der Waals surface area contributed by atoms with Gasteiger partial charge in [0.1, 0.15) is 0 Å². The predicted octanol–water partition coefficient (Wildman–Crippen LogP) is 1.44. The summed E-state index contributed by atoms with van der Waals surface area (Å²) in [6, 6.07) is 0.161. The Hall–Kier alpha value is -0.610. The van der Waals surface area contributed by atoms with Gasteiger partial charge in [-0.1, -0.05) is 19.3 Å². The van der Waals surface area contributed by atoms with Crippen LogP contribution in [0.4, 0.5) is 0 Å². The maximum atomic E-state index is 12.2. The molecule has 2 rings (SSSR count). The van der Waals surface area contributed by atoms with E-state index in [2.05, 4.69) is 5.32 Å². The molecule has 3 N–H and O–H groups in total. The molecule has 18 heavy (non-hydrogen) atoms. The summed E-state index contributed by atoms with van der Waals surface area (Å²) in [6.45, 7) is 3.14. The number of nitrogens with two attached hydrogens (primary N) is 1. The van der Waals surface area contributed by atoms with Crippen LogP contribution in [0.5, 0.6) is 0 Å². The van der Waals surface area contributed by atoms with Gasteiger partial charge in [-0.3, -0.25) is 4.79 Å². The molecule has 4 heteroatoms. The van der Waals surface area contributed by atoms with Gasteiger partial charge in [-0.05, 0) is 32.1 Å². The lowest BCUT2D eigenvalue weighted by atomic mass is 9.83. The zero-order valence-corrected chi connectivity index (χ0v) is 11.4. The molecule has 1 saturated heterocycles. The van der Waals surface area contributed by atoms with Crippen LogP contribution in [0.25, 0.3) is 0 Å². The highest BCUT2D eigenvalue weighted by molar-refractivity contribution is 5.79. The Labute approximate surface area is 110 Å². The monoisotopic (exact) mass is 254 g/mol. The minimum Gasteiger partial charge on any atom is -0.378 e. The first-order chi connectivity index (χ1) is 8.70. The summed E-state index contributed by atoms with van der Waals surface area (Å²) in [5.41, 5.74) is 5.83. The smallest absolute Gasteiger partial charge is 0.225 e. The number of carbonyl (C=O) groups is 1. The van der Waals surface area contributed by atoms with Crippen LogP contribution in [0.15, 0.2) is 0 Å². The number of amides is 1. The summed E-state index contributed by atoms with van der Waals surface area (Å²) >= 11 is 0. The maximum Gasteiger partial charge on any atom is 0.225 e. The van der Waals surface area contributed by atoms with Crippen LogP contribution in [-0.2, 0) is 9.53 Å². The van der Waals surface area contributed by atoms with Crippen molar-refractivity contribution >= 4 is 5.91 Å². The maximum absolute atomic E-state index is 12.2. The van der Waals surface area contributed by atoms with Crippen molar-refractivity contribution in [2.45, 2.75) is 57.6 Å². The molecule has 1 aliphatic heterocycles. The van der Waals surface area contributed by atoms with Crippen molar-refractivity contribution in [2.75, 3.05) is 13.2 Å². The van der Waals surface area contributed by atoms with Crippen LogP contribution < -0.4 is 11.1 Å². The quantitative estimate of drug-likeness (QED) is 0.798. The summed E-state index contributed by atoms with van der Waals surface area (Å²) in [6.07, 6.45) is 7.36. The van der Waals surface area contributed by atoms with Crippen molar-refractivity contribution < 1.29 is 9.53 Å². The van der Waals surface area contributed by atoms with Crippen molar-refractivity contribution in [3.05, 3.63) is 0 Å². The fourth-order valence-corrected chi connectivity index (χ4v) is 3.21. The third kappa shape index (κ3) is 3.45. The average molecular weight is 254 g/mol. The Bertz CT molecular complexity index is 277. The Morgan fingerprint density at radius 3 is 2.67 bits per heavy atom. The second-order valence-corrected chi connectivity index (χ2v) is 5.83. The number of hydrogen-bond acceptors (Lipinski definition) is 3. The molecule has 1 aliphatic carbocycles. The van der Waals surface area contributed by atoms with E-state index >= 15 is 0 Å². The van der Waals surface area contributed by atoms with Crippen molar-refractivity contribution in [3.63, 3.8) is 0 Å². The molecule has 0 radical (unpaired) electrons. The SMILES string of the molecule is CC1CC(C(=O)NC(CN)C2CCCCC2)CO1. The molecule has 3 atom stereocenters.